The maximum atomic E-state index is 12.9. The van der Waals surface area contributed by atoms with Crippen LogP contribution in [0.5, 0.6) is 17.2 Å². The number of nitrogens with zero attached hydrogens (tertiary/aromatic N) is 3. The molecule has 0 spiro atoms. The molecule has 1 aromatic heterocycles. The number of methoxy groups -OCH3 is 2. The lowest BCUT2D eigenvalue weighted by molar-refractivity contribution is 0.355. The van der Waals surface area contributed by atoms with Crippen molar-refractivity contribution in [2.75, 3.05) is 14.2 Å². The summed E-state index contributed by atoms with van der Waals surface area (Å²) >= 11 is 6.62. The van der Waals surface area contributed by atoms with Crippen LogP contribution in [0, 0.1) is 6.92 Å². The van der Waals surface area contributed by atoms with Gasteiger partial charge >= 0.3 is 0 Å². The molecule has 0 atom stereocenters. The summed E-state index contributed by atoms with van der Waals surface area (Å²) in [7, 11) is 3.01. The van der Waals surface area contributed by atoms with Gasteiger partial charge in [-0.05, 0) is 41.1 Å². The van der Waals surface area contributed by atoms with Crippen LogP contribution in [0.25, 0.3) is 10.9 Å². The van der Waals surface area contributed by atoms with Crippen molar-refractivity contribution in [2.45, 2.75) is 6.92 Å². The number of phenolic OH excluding ortho intramolecular Hbond substituents is 1. The zero-order chi connectivity index (χ0) is 19.7. The van der Waals surface area contributed by atoms with Crippen LogP contribution in [0.4, 0.5) is 0 Å². The molecule has 0 unspecified atom stereocenters. The van der Waals surface area contributed by atoms with Crippen molar-refractivity contribution in [2.24, 2.45) is 5.10 Å². The molecule has 2 aromatic carbocycles. The number of rotatable bonds is 4. The number of fused-ring (bicyclic) bond motifs is 1. The maximum Gasteiger partial charge on any atom is 0.282 e. The molecule has 3 aromatic rings. The van der Waals surface area contributed by atoms with E-state index in [-0.39, 0.29) is 11.3 Å². The normalized spacial score (nSPS) is 11.3. The van der Waals surface area contributed by atoms with Gasteiger partial charge in [0.15, 0.2) is 11.5 Å². The van der Waals surface area contributed by atoms with Crippen molar-refractivity contribution in [1.82, 2.24) is 9.66 Å². The van der Waals surface area contributed by atoms with Crippen LogP contribution in [-0.2, 0) is 0 Å². The lowest BCUT2D eigenvalue weighted by Crippen LogP contribution is -2.20. The predicted octanol–water partition coefficient (Wildman–Crippen LogP) is 3.83. The molecule has 0 fully saturated rings. The van der Waals surface area contributed by atoms with Crippen LogP contribution in [0.1, 0.15) is 11.4 Å². The van der Waals surface area contributed by atoms with Crippen molar-refractivity contribution >= 4 is 49.0 Å². The Hall–Kier alpha value is -2.39. The summed E-state index contributed by atoms with van der Waals surface area (Å²) in [6, 6.07) is 6.61. The fraction of sp³-hybridized carbons (Fsp3) is 0.167. The van der Waals surface area contributed by atoms with Crippen LogP contribution in [0.3, 0.4) is 0 Å². The third-order valence-corrected chi connectivity index (χ3v) is 4.95. The lowest BCUT2D eigenvalue weighted by Gasteiger charge is -2.10. The van der Waals surface area contributed by atoms with E-state index in [0.29, 0.717) is 38.3 Å². The summed E-state index contributed by atoms with van der Waals surface area (Å²) in [6.07, 6.45) is 1.40. The minimum Gasteiger partial charge on any atom is -0.506 e. The summed E-state index contributed by atoms with van der Waals surface area (Å²) in [5, 5.41) is 14.7. The molecular formula is C18H15Br2N3O4. The largest absolute Gasteiger partial charge is 0.506 e. The predicted molar refractivity (Wildman–Crippen MR) is 110 cm³/mol. The third kappa shape index (κ3) is 3.70. The molecule has 0 saturated heterocycles. The Labute approximate surface area is 171 Å². The van der Waals surface area contributed by atoms with Gasteiger partial charge in [-0.1, -0.05) is 15.9 Å². The topological polar surface area (TPSA) is 85.9 Å². The molecule has 140 valence electrons. The van der Waals surface area contributed by atoms with Gasteiger partial charge in [0, 0.05) is 16.1 Å². The molecule has 0 bridgehead atoms. The second-order valence-electron chi connectivity index (χ2n) is 5.57. The van der Waals surface area contributed by atoms with E-state index in [1.807, 2.05) is 0 Å². The molecule has 9 heteroatoms. The summed E-state index contributed by atoms with van der Waals surface area (Å²) in [4.78, 5) is 17.3. The Morgan fingerprint density at radius 1 is 1.15 bits per heavy atom. The Kier molecular flexibility index (Phi) is 5.52. The second kappa shape index (κ2) is 7.69. The quantitative estimate of drug-likeness (QED) is 0.554. The van der Waals surface area contributed by atoms with Crippen LogP contribution in [0.2, 0.25) is 0 Å². The van der Waals surface area contributed by atoms with Gasteiger partial charge in [-0.2, -0.15) is 9.78 Å². The number of halogens is 2. The van der Waals surface area contributed by atoms with Gasteiger partial charge in [0.05, 0.1) is 35.8 Å². The number of phenols is 1. The van der Waals surface area contributed by atoms with E-state index in [1.54, 1.807) is 31.2 Å². The highest BCUT2D eigenvalue weighted by atomic mass is 79.9. The minimum atomic E-state index is -0.358. The van der Waals surface area contributed by atoms with Gasteiger partial charge in [-0.25, -0.2) is 4.98 Å². The summed E-state index contributed by atoms with van der Waals surface area (Å²) in [5.74, 6) is 1.33. The van der Waals surface area contributed by atoms with E-state index in [4.69, 9.17) is 9.47 Å². The fourth-order valence-corrected chi connectivity index (χ4v) is 3.81. The zero-order valence-corrected chi connectivity index (χ0v) is 17.8. The highest BCUT2D eigenvalue weighted by Gasteiger charge is 2.13. The molecule has 27 heavy (non-hydrogen) atoms. The summed E-state index contributed by atoms with van der Waals surface area (Å²) in [5.41, 5.74) is 0.563. The fourth-order valence-electron chi connectivity index (χ4n) is 2.56. The number of aromatic hydroxyl groups is 1. The van der Waals surface area contributed by atoms with E-state index >= 15 is 0 Å². The molecule has 0 amide bonds. The van der Waals surface area contributed by atoms with Gasteiger partial charge in [-0.3, -0.25) is 4.79 Å². The molecular weight excluding hydrogens is 482 g/mol. The molecule has 0 aliphatic heterocycles. The lowest BCUT2D eigenvalue weighted by atomic mass is 10.2. The second-order valence-corrected chi connectivity index (χ2v) is 7.34. The van der Waals surface area contributed by atoms with Crippen molar-refractivity contribution in [1.29, 1.82) is 0 Å². The highest BCUT2D eigenvalue weighted by Crippen LogP contribution is 2.31. The first-order chi connectivity index (χ1) is 12.8. The Balaban J connectivity index is 2.17. The molecule has 0 radical (unpaired) electrons. The van der Waals surface area contributed by atoms with Gasteiger partial charge in [0.1, 0.15) is 11.6 Å². The monoisotopic (exact) mass is 495 g/mol. The Bertz CT molecular complexity index is 1130. The first-order valence-electron chi connectivity index (χ1n) is 7.73. The van der Waals surface area contributed by atoms with Crippen LogP contribution in [-0.4, -0.2) is 35.2 Å². The van der Waals surface area contributed by atoms with E-state index in [0.717, 1.165) is 4.47 Å². The van der Waals surface area contributed by atoms with Crippen LogP contribution < -0.4 is 15.0 Å². The van der Waals surface area contributed by atoms with Gasteiger partial charge in [0.2, 0.25) is 0 Å². The molecule has 1 N–H and O–H groups in total. The number of hydrogen-bond acceptors (Lipinski definition) is 6. The van der Waals surface area contributed by atoms with E-state index in [9.17, 15) is 9.90 Å². The van der Waals surface area contributed by atoms with Crippen LogP contribution >= 0.6 is 31.9 Å². The molecule has 3 rings (SSSR count). The molecule has 0 aliphatic rings. The van der Waals surface area contributed by atoms with Gasteiger partial charge < -0.3 is 14.6 Å². The number of aromatic nitrogens is 2. The number of ether oxygens (including phenoxy) is 2. The number of hydrogen-bond donors (Lipinski definition) is 1. The van der Waals surface area contributed by atoms with Gasteiger partial charge in [0.25, 0.3) is 5.56 Å². The van der Waals surface area contributed by atoms with E-state index < -0.39 is 0 Å². The Morgan fingerprint density at radius 3 is 2.48 bits per heavy atom. The summed E-state index contributed by atoms with van der Waals surface area (Å²) in [6.45, 7) is 1.67. The van der Waals surface area contributed by atoms with Crippen molar-refractivity contribution in [3.8, 4) is 17.2 Å². The zero-order valence-electron chi connectivity index (χ0n) is 14.7. The maximum absolute atomic E-state index is 12.9. The van der Waals surface area contributed by atoms with Gasteiger partial charge in [-0.15, -0.1) is 0 Å². The SMILES string of the molecule is COc1cc2nc(C)n(/N=C\c3cc(Br)cc(Br)c3O)c(=O)c2cc1OC. The van der Waals surface area contributed by atoms with Crippen molar-refractivity contribution in [3.63, 3.8) is 0 Å². The summed E-state index contributed by atoms with van der Waals surface area (Å²) < 4.78 is 12.9. The number of aryl methyl sites for hydroxylation is 1. The standard InChI is InChI=1S/C18H15Br2N3O4/c1-9-22-14-7-16(27-3)15(26-2)6-12(14)18(25)23(9)21-8-10-4-11(19)5-13(20)17(10)24/h4-8,24H,1-3H3/b21-8-. The minimum absolute atomic E-state index is 0.0211. The van der Waals surface area contributed by atoms with E-state index in [2.05, 4.69) is 41.9 Å². The molecule has 1 heterocycles. The van der Waals surface area contributed by atoms with Crippen LogP contribution in [0.15, 0.2) is 43.1 Å². The average Bonchev–Trinajstić information content (AvgIpc) is 2.64. The highest BCUT2D eigenvalue weighted by molar-refractivity contribution is 9.11. The molecule has 0 saturated carbocycles. The Morgan fingerprint density at radius 2 is 1.81 bits per heavy atom. The van der Waals surface area contributed by atoms with Crippen molar-refractivity contribution < 1.29 is 14.6 Å². The first kappa shape index (κ1) is 19.4. The number of benzene rings is 2. The third-order valence-electron chi connectivity index (χ3n) is 3.88. The average molecular weight is 497 g/mol. The smallest absolute Gasteiger partial charge is 0.282 e. The first-order valence-corrected chi connectivity index (χ1v) is 9.32. The van der Waals surface area contributed by atoms with Crippen molar-refractivity contribution in [3.05, 3.63) is 55.0 Å². The molecule has 0 aliphatic carbocycles. The van der Waals surface area contributed by atoms with E-state index in [1.165, 1.54) is 25.1 Å². The molecule has 7 nitrogen and oxygen atoms in total.